The maximum absolute atomic E-state index is 8.90. The minimum Gasteiger partial charge on any atom is -0.398 e. The molecule has 0 aliphatic carbocycles. The molecular weight excluding hydrogens is 278 g/mol. The standard InChI is InChI=1S/C13H10BrN3/c14-11-3-1-2-4-13(11)17-10-5-6-12(16)9(7-10)8-15/h1-7,17H,16H2. The predicted octanol–water partition coefficient (Wildman–Crippen LogP) is 3.65. The van der Waals surface area contributed by atoms with E-state index in [9.17, 15) is 0 Å². The van der Waals surface area contributed by atoms with Crippen LogP contribution in [0.5, 0.6) is 0 Å². The number of benzene rings is 2. The lowest BCUT2D eigenvalue weighted by molar-refractivity contribution is 1.47. The molecule has 0 bridgehead atoms. The SMILES string of the molecule is N#Cc1cc(Nc2ccccc2Br)ccc1N. The van der Waals surface area contributed by atoms with E-state index in [-0.39, 0.29) is 0 Å². The smallest absolute Gasteiger partial charge is 0.101 e. The number of hydrogen-bond acceptors (Lipinski definition) is 3. The minimum atomic E-state index is 0.474. The van der Waals surface area contributed by atoms with Crippen LogP contribution in [0.3, 0.4) is 0 Å². The zero-order valence-electron chi connectivity index (χ0n) is 8.94. The van der Waals surface area contributed by atoms with Crippen molar-refractivity contribution in [2.75, 3.05) is 11.1 Å². The number of nitrogens with zero attached hydrogens (tertiary/aromatic N) is 1. The van der Waals surface area contributed by atoms with E-state index in [0.29, 0.717) is 11.3 Å². The van der Waals surface area contributed by atoms with E-state index >= 15 is 0 Å². The van der Waals surface area contributed by atoms with Crippen molar-refractivity contribution in [1.29, 1.82) is 5.26 Å². The number of halogens is 1. The first-order valence-electron chi connectivity index (χ1n) is 5.02. The second-order valence-electron chi connectivity index (χ2n) is 3.52. The van der Waals surface area contributed by atoms with Crippen LogP contribution in [0.25, 0.3) is 0 Å². The fraction of sp³-hybridized carbons (Fsp3) is 0. The van der Waals surface area contributed by atoms with Crippen LogP contribution in [0.4, 0.5) is 17.1 Å². The van der Waals surface area contributed by atoms with Gasteiger partial charge in [0.05, 0.1) is 11.3 Å². The van der Waals surface area contributed by atoms with Crippen molar-refractivity contribution in [3.05, 3.63) is 52.5 Å². The largest absolute Gasteiger partial charge is 0.398 e. The van der Waals surface area contributed by atoms with Crippen LogP contribution >= 0.6 is 15.9 Å². The Morgan fingerprint density at radius 2 is 1.94 bits per heavy atom. The number of nitrogens with one attached hydrogen (secondary N) is 1. The van der Waals surface area contributed by atoms with Gasteiger partial charge in [-0.3, -0.25) is 0 Å². The van der Waals surface area contributed by atoms with Crippen molar-refractivity contribution in [1.82, 2.24) is 0 Å². The van der Waals surface area contributed by atoms with Gasteiger partial charge in [-0.1, -0.05) is 12.1 Å². The van der Waals surface area contributed by atoms with Crippen LogP contribution in [0.2, 0.25) is 0 Å². The van der Waals surface area contributed by atoms with Crippen molar-refractivity contribution in [2.45, 2.75) is 0 Å². The van der Waals surface area contributed by atoms with Gasteiger partial charge in [-0.2, -0.15) is 5.26 Å². The van der Waals surface area contributed by atoms with E-state index in [4.69, 9.17) is 11.0 Å². The first kappa shape index (κ1) is 11.5. The molecule has 4 heteroatoms. The fourth-order valence-electron chi connectivity index (χ4n) is 1.45. The average Bonchev–Trinajstić information content (AvgIpc) is 2.34. The van der Waals surface area contributed by atoms with Crippen molar-refractivity contribution in [2.24, 2.45) is 0 Å². The zero-order chi connectivity index (χ0) is 12.3. The van der Waals surface area contributed by atoms with Gasteiger partial charge in [-0.15, -0.1) is 0 Å². The summed E-state index contributed by atoms with van der Waals surface area (Å²) in [5.41, 5.74) is 8.41. The number of nitriles is 1. The Balaban J connectivity index is 2.32. The average molecular weight is 288 g/mol. The zero-order valence-corrected chi connectivity index (χ0v) is 10.5. The third kappa shape index (κ3) is 2.58. The molecule has 0 radical (unpaired) electrons. The molecule has 2 aromatic rings. The summed E-state index contributed by atoms with van der Waals surface area (Å²) in [6.45, 7) is 0. The summed E-state index contributed by atoms with van der Waals surface area (Å²) >= 11 is 3.45. The van der Waals surface area contributed by atoms with Gasteiger partial charge >= 0.3 is 0 Å². The number of nitrogens with two attached hydrogens (primary N) is 1. The van der Waals surface area contributed by atoms with E-state index in [0.717, 1.165) is 15.8 Å². The predicted molar refractivity (Wildman–Crippen MR) is 73.0 cm³/mol. The summed E-state index contributed by atoms with van der Waals surface area (Å²) in [5, 5.41) is 12.1. The summed E-state index contributed by atoms with van der Waals surface area (Å²) < 4.78 is 0.968. The molecule has 2 aromatic carbocycles. The highest BCUT2D eigenvalue weighted by Gasteiger charge is 2.02. The molecule has 17 heavy (non-hydrogen) atoms. The Kier molecular flexibility index (Phi) is 3.31. The van der Waals surface area contributed by atoms with Crippen LogP contribution in [-0.2, 0) is 0 Å². The molecule has 0 aromatic heterocycles. The monoisotopic (exact) mass is 287 g/mol. The Morgan fingerprint density at radius 3 is 2.65 bits per heavy atom. The quantitative estimate of drug-likeness (QED) is 0.829. The third-order valence-electron chi connectivity index (χ3n) is 2.33. The second-order valence-corrected chi connectivity index (χ2v) is 4.37. The number of nitrogen functional groups attached to an aromatic ring is 1. The van der Waals surface area contributed by atoms with Crippen LogP contribution in [0, 0.1) is 11.3 Å². The number of rotatable bonds is 2. The Hall–Kier alpha value is -1.99. The first-order chi connectivity index (χ1) is 8.20. The van der Waals surface area contributed by atoms with Gasteiger partial charge in [-0.25, -0.2) is 0 Å². The van der Waals surface area contributed by atoms with Gasteiger partial charge in [0.1, 0.15) is 6.07 Å². The maximum Gasteiger partial charge on any atom is 0.101 e. The van der Waals surface area contributed by atoms with E-state index in [1.807, 2.05) is 30.3 Å². The molecule has 0 aliphatic rings. The maximum atomic E-state index is 8.90. The molecule has 84 valence electrons. The summed E-state index contributed by atoms with van der Waals surface area (Å²) in [6, 6.07) is 15.1. The molecule has 0 saturated carbocycles. The highest BCUT2D eigenvalue weighted by Crippen LogP contribution is 2.26. The van der Waals surface area contributed by atoms with Crippen LogP contribution in [-0.4, -0.2) is 0 Å². The molecule has 2 rings (SSSR count). The van der Waals surface area contributed by atoms with Crippen molar-refractivity contribution >= 4 is 33.0 Å². The van der Waals surface area contributed by atoms with E-state index in [1.165, 1.54) is 0 Å². The third-order valence-corrected chi connectivity index (χ3v) is 3.02. The van der Waals surface area contributed by atoms with Gasteiger partial charge in [0.2, 0.25) is 0 Å². The molecule has 0 spiro atoms. The summed E-state index contributed by atoms with van der Waals surface area (Å²) in [4.78, 5) is 0. The normalized spacial score (nSPS) is 9.65. The van der Waals surface area contributed by atoms with E-state index in [2.05, 4.69) is 27.3 Å². The van der Waals surface area contributed by atoms with Crippen molar-refractivity contribution < 1.29 is 0 Å². The van der Waals surface area contributed by atoms with Gasteiger partial charge in [0, 0.05) is 15.8 Å². The molecule has 0 atom stereocenters. The summed E-state index contributed by atoms with van der Waals surface area (Å²) in [5.74, 6) is 0. The molecular formula is C13H10BrN3. The Bertz CT molecular complexity index is 587. The highest BCUT2D eigenvalue weighted by atomic mass is 79.9. The van der Waals surface area contributed by atoms with Crippen LogP contribution < -0.4 is 11.1 Å². The topological polar surface area (TPSA) is 61.8 Å². The minimum absolute atomic E-state index is 0.474. The molecule has 0 heterocycles. The molecule has 3 N–H and O–H groups in total. The molecule has 3 nitrogen and oxygen atoms in total. The molecule has 0 aliphatic heterocycles. The number of para-hydroxylation sites is 1. The number of anilines is 3. The van der Waals surface area contributed by atoms with Crippen molar-refractivity contribution in [3.63, 3.8) is 0 Å². The van der Waals surface area contributed by atoms with Crippen LogP contribution in [0.15, 0.2) is 46.9 Å². The van der Waals surface area contributed by atoms with Crippen molar-refractivity contribution in [3.8, 4) is 6.07 Å². The molecule has 0 amide bonds. The number of hydrogen-bond donors (Lipinski definition) is 2. The first-order valence-corrected chi connectivity index (χ1v) is 5.81. The summed E-state index contributed by atoms with van der Waals surface area (Å²) in [6.07, 6.45) is 0. The lowest BCUT2D eigenvalue weighted by Crippen LogP contribution is -1.95. The lowest BCUT2D eigenvalue weighted by atomic mass is 10.1. The Labute approximate surface area is 108 Å². The van der Waals surface area contributed by atoms with Gasteiger partial charge < -0.3 is 11.1 Å². The lowest BCUT2D eigenvalue weighted by Gasteiger charge is -2.09. The molecule has 0 unspecified atom stereocenters. The van der Waals surface area contributed by atoms with Gasteiger partial charge in [-0.05, 0) is 46.3 Å². The highest BCUT2D eigenvalue weighted by molar-refractivity contribution is 9.10. The van der Waals surface area contributed by atoms with E-state index in [1.54, 1.807) is 12.1 Å². The van der Waals surface area contributed by atoms with Gasteiger partial charge in [0.15, 0.2) is 0 Å². The van der Waals surface area contributed by atoms with E-state index < -0.39 is 0 Å². The fourth-order valence-corrected chi connectivity index (χ4v) is 1.83. The van der Waals surface area contributed by atoms with Crippen LogP contribution in [0.1, 0.15) is 5.56 Å². The molecule has 0 saturated heterocycles. The molecule has 0 fully saturated rings. The van der Waals surface area contributed by atoms with Gasteiger partial charge in [0.25, 0.3) is 0 Å². The second kappa shape index (κ2) is 4.89. The summed E-state index contributed by atoms with van der Waals surface area (Å²) in [7, 11) is 0. The Morgan fingerprint density at radius 1 is 1.18 bits per heavy atom.